The van der Waals surface area contributed by atoms with Crippen LogP contribution in [0.2, 0.25) is 5.02 Å². The van der Waals surface area contributed by atoms with E-state index in [1.165, 1.54) is 0 Å². The van der Waals surface area contributed by atoms with Crippen molar-refractivity contribution in [2.24, 2.45) is 5.10 Å². The molecule has 0 fully saturated rings. The predicted octanol–water partition coefficient (Wildman–Crippen LogP) is 4.21. The third-order valence-electron chi connectivity index (χ3n) is 4.19. The Balaban J connectivity index is 1.84. The Labute approximate surface area is 157 Å². The normalized spacial score (nSPS) is 11.1. The second-order valence-electron chi connectivity index (χ2n) is 6.03. The SMILES string of the molecule is Cc1ccc(Cl)cc1-n1c(C)cc(/C=N\NC(=O)c2ccncc2)c1C. The summed E-state index contributed by atoms with van der Waals surface area (Å²) in [6.07, 6.45) is 4.79. The number of hydrogen-bond donors (Lipinski definition) is 1. The van der Waals surface area contributed by atoms with E-state index in [2.05, 4.69) is 20.1 Å². The van der Waals surface area contributed by atoms with Crippen LogP contribution in [0.15, 0.2) is 53.9 Å². The number of aryl methyl sites for hydroxylation is 2. The highest BCUT2D eigenvalue weighted by atomic mass is 35.5. The Morgan fingerprint density at radius 1 is 1.15 bits per heavy atom. The summed E-state index contributed by atoms with van der Waals surface area (Å²) in [5.41, 5.74) is 8.23. The van der Waals surface area contributed by atoms with Gasteiger partial charge in [0, 0.05) is 45.6 Å². The summed E-state index contributed by atoms with van der Waals surface area (Å²) in [6, 6.07) is 11.1. The zero-order valence-corrected chi connectivity index (χ0v) is 15.6. The number of hydrazone groups is 1. The number of nitrogens with one attached hydrogen (secondary N) is 1. The van der Waals surface area contributed by atoms with Crippen LogP contribution in [0.5, 0.6) is 0 Å². The van der Waals surface area contributed by atoms with Crippen molar-refractivity contribution in [3.05, 3.63) is 81.9 Å². The van der Waals surface area contributed by atoms with Crippen LogP contribution in [0.4, 0.5) is 0 Å². The van der Waals surface area contributed by atoms with Crippen LogP contribution in [-0.4, -0.2) is 21.7 Å². The molecule has 0 aliphatic heterocycles. The van der Waals surface area contributed by atoms with E-state index in [-0.39, 0.29) is 5.91 Å². The molecular formula is C20H19ClN4O. The first-order chi connectivity index (χ1) is 12.5. The van der Waals surface area contributed by atoms with Crippen LogP contribution in [-0.2, 0) is 0 Å². The van der Waals surface area contributed by atoms with E-state index in [1.54, 1.807) is 30.7 Å². The number of halogens is 1. The minimum atomic E-state index is -0.275. The van der Waals surface area contributed by atoms with Crippen LogP contribution in [0, 0.1) is 20.8 Å². The molecule has 6 heteroatoms. The maximum absolute atomic E-state index is 12.0. The maximum atomic E-state index is 12.0. The molecule has 0 radical (unpaired) electrons. The number of aromatic nitrogens is 2. The number of rotatable bonds is 4. The number of amides is 1. The largest absolute Gasteiger partial charge is 0.318 e. The van der Waals surface area contributed by atoms with Crippen LogP contribution in [0.1, 0.15) is 32.9 Å². The number of benzene rings is 1. The standard InChI is InChI=1S/C20H19ClN4O/c1-13-4-5-18(21)11-19(13)25-14(2)10-17(15(25)3)12-23-24-20(26)16-6-8-22-9-7-16/h4-12H,1-3H3,(H,24,26)/b23-12-. The van der Waals surface area contributed by atoms with E-state index in [9.17, 15) is 4.79 Å². The molecule has 132 valence electrons. The summed E-state index contributed by atoms with van der Waals surface area (Å²) in [7, 11) is 0. The van der Waals surface area contributed by atoms with Gasteiger partial charge in [0.15, 0.2) is 0 Å². The van der Waals surface area contributed by atoms with Gasteiger partial charge in [0.05, 0.1) is 6.21 Å². The quantitative estimate of drug-likeness (QED) is 0.555. The molecule has 3 rings (SSSR count). The first-order valence-corrected chi connectivity index (χ1v) is 8.54. The van der Waals surface area contributed by atoms with E-state index < -0.39 is 0 Å². The third-order valence-corrected chi connectivity index (χ3v) is 4.43. The molecule has 2 aromatic heterocycles. The van der Waals surface area contributed by atoms with Crippen LogP contribution in [0.25, 0.3) is 5.69 Å². The van der Waals surface area contributed by atoms with Gasteiger partial charge < -0.3 is 4.57 Å². The third kappa shape index (κ3) is 3.68. The molecule has 26 heavy (non-hydrogen) atoms. The van der Waals surface area contributed by atoms with Gasteiger partial charge in [0.25, 0.3) is 5.91 Å². The zero-order valence-electron chi connectivity index (χ0n) is 14.8. The second kappa shape index (κ2) is 7.54. The number of carbonyl (C=O) groups is 1. The summed E-state index contributed by atoms with van der Waals surface area (Å²) in [6.45, 7) is 6.09. The van der Waals surface area contributed by atoms with Gasteiger partial charge >= 0.3 is 0 Å². The molecule has 0 aliphatic carbocycles. The highest BCUT2D eigenvalue weighted by Gasteiger charge is 2.12. The average Bonchev–Trinajstić information content (AvgIpc) is 2.91. The molecule has 0 spiro atoms. The molecule has 2 heterocycles. The Morgan fingerprint density at radius 2 is 1.88 bits per heavy atom. The summed E-state index contributed by atoms with van der Waals surface area (Å²) in [5.74, 6) is -0.275. The molecule has 0 saturated carbocycles. The Bertz CT molecular complexity index is 977. The molecule has 5 nitrogen and oxygen atoms in total. The number of pyridine rings is 1. The molecule has 0 atom stereocenters. The van der Waals surface area contributed by atoms with Crippen molar-refractivity contribution < 1.29 is 4.79 Å². The van der Waals surface area contributed by atoms with Crippen molar-refractivity contribution in [2.75, 3.05) is 0 Å². The molecule has 0 bridgehead atoms. The minimum absolute atomic E-state index is 0.275. The topological polar surface area (TPSA) is 59.3 Å². The molecule has 0 saturated heterocycles. The Morgan fingerprint density at radius 3 is 2.62 bits per heavy atom. The molecule has 0 aliphatic rings. The van der Waals surface area contributed by atoms with Gasteiger partial charge in [-0.15, -0.1) is 0 Å². The lowest BCUT2D eigenvalue weighted by Crippen LogP contribution is -2.17. The fourth-order valence-electron chi connectivity index (χ4n) is 2.84. The zero-order chi connectivity index (χ0) is 18.7. The van der Waals surface area contributed by atoms with Gasteiger partial charge in [-0.25, -0.2) is 5.43 Å². The Kier molecular flexibility index (Phi) is 5.19. The van der Waals surface area contributed by atoms with Gasteiger partial charge in [-0.3, -0.25) is 9.78 Å². The van der Waals surface area contributed by atoms with Crippen molar-refractivity contribution in [3.8, 4) is 5.69 Å². The van der Waals surface area contributed by atoms with Crippen molar-refractivity contribution in [1.82, 2.24) is 15.0 Å². The monoisotopic (exact) mass is 366 g/mol. The molecule has 1 amide bonds. The lowest BCUT2D eigenvalue weighted by molar-refractivity contribution is 0.0955. The van der Waals surface area contributed by atoms with Crippen molar-refractivity contribution in [2.45, 2.75) is 20.8 Å². The minimum Gasteiger partial charge on any atom is -0.318 e. The summed E-state index contributed by atoms with van der Waals surface area (Å²) < 4.78 is 2.13. The van der Waals surface area contributed by atoms with Crippen molar-refractivity contribution in [3.63, 3.8) is 0 Å². The van der Waals surface area contributed by atoms with E-state index in [0.29, 0.717) is 10.6 Å². The highest BCUT2D eigenvalue weighted by Crippen LogP contribution is 2.25. The lowest BCUT2D eigenvalue weighted by Gasteiger charge is -2.13. The van der Waals surface area contributed by atoms with Crippen LogP contribution >= 0.6 is 11.6 Å². The van der Waals surface area contributed by atoms with Gasteiger partial charge in [0.1, 0.15) is 0 Å². The fraction of sp³-hybridized carbons (Fsp3) is 0.150. The van der Waals surface area contributed by atoms with Crippen molar-refractivity contribution in [1.29, 1.82) is 0 Å². The molecule has 1 N–H and O–H groups in total. The molecule has 1 aromatic carbocycles. The number of hydrogen-bond acceptors (Lipinski definition) is 3. The average molecular weight is 367 g/mol. The van der Waals surface area contributed by atoms with E-state index >= 15 is 0 Å². The van der Waals surface area contributed by atoms with E-state index in [4.69, 9.17) is 11.6 Å². The molecular weight excluding hydrogens is 348 g/mol. The fourth-order valence-corrected chi connectivity index (χ4v) is 3.01. The van der Waals surface area contributed by atoms with E-state index in [0.717, 1.165) is 28.2 Å². The van der Waals surface area contributed by atoms with E-state index in [1.807, 2.05) is 45.0 Å². The summed E-state index contributed by atoms with van der Waals surface area (Å²) in [4.78, 5) is 15.9. The predicted molar refractivity (Wildman–Crippen MR) is 104 cm³/mol. The first kappa shape index (κ1) is 17.9. The van der Waals surface area contributed by atoms with Gasteiger partial charge in [-0.1, -0.05) is 17.7 Å². The van der Waals surface area contributed by atoms with Gasteiger partial charge in [-0.05, 0) is 56.7 Å². The Hall–Kier alpha value is -2.92. The number of carbonyl (C=O) groups excluding carboxylic acids is 1. The summed E-state index contributed by atoms with van der Waals surface area (Å²) >= 11 is 6.16. The lowest BCUT2D eigenvalue weighted by atomic mass is 10.2. The van der Waals surface area contributed by atoms with Gasteiger partial charge in [0.2, 0.25) is 0 Å². The summed E-state index contributed by atoms with van der Waals surface area (Å²) in [5, 5.41) is 4.78. The second-order valence-corrected chi connectivity index (χ2v) is 6.46. The smallest absolute Gasteiger partial charge is 0.271 e. The van der Waals surface area contributed by atoms with Crippen molar-refractivity contribution >= 4 is 23.7 Å². The molecule has 3 aromatic rings. The highest BCUT2D eigenvalue weighted by molar-refractivity contribution is 6.30. The van der Waals surface area contributed by atoms with Crippen LogP contribution < -0.4 is 5.43 Å². The first-order valence-electron chi connectivity index (χ1n) is 8.16. The molecule has 0 unspecified atom stereocenters. The van der Waals surface area contributed by atoms with Gasteiger partial charge in [-0.2, -0.15) is 5.10 Å². The number of nitrogens with zero attached hydrogens (tertiary/aromatic N) is 3. The maximum Gasteiger partial charge on any atom is 0.271 e. The van der Waals surface area contributed by atoms with Crippen LogP contribution in [0.3, 0.4) is 0 Å².